The number of hydrogen-bond acceptors (Lipinski definition) is 1. The van der Waals surface area contributed by atoms with Gasteiger partial charge in [0.15, 0.2) is 0 Å². The Morgan fingerprint density at radius 3 is 2.92 bits per heavy atom. The van der Waals surface area contributed by atoms with Crippen LogP contribution >= 0.6 is 0 Å². The Hall–Kier alpha value is -0.740. The summed E-state index contributed by atoms with van der Waals surface area (Å²) < 4.78 is 0. The molecule has 1 atom stereocenters. The molecule has 1 aliphatic heterocycles. The van der Waals surface area contributed by atoms with E-state index in [2.05, 4.69) is 42.7 Å². The second kappa shape index (κ2) is 5.00. The van der Waals surface area contributed by atoms with Crippen LogP contribution in [0.25, 0.3) is 0 Å². The minimum atomic E-state index is 0.426. The monoisotopic (exact) mass is 163 g/mol. The molecule has 0 saturated heterocycles. The van der Waals surface area contributed by atoms with Crippen molar-refractivity contribution in [3.05, 3.63) is 12.2 Å². The maximum absolute atomic E-state index is 3.24. The van der Waals surface area contributed by atoms with E-state index in [1.54, 1.807) is 0 Å². The van der Waals surface area contributed by atoms with Gasteiger partial charge in [0.1, 0.15) is 0 Å². The number of nitrogens with zero attached hydrogens (tertiary/aromatic N) is 1. The molecule has 0 amide bonds. The lowest BCUT2D eigenvalue weighted by atomic mass is 10.2. The molecule has 0 aromatic rings. The highest BCUT2D eigenvalue weighted by atomic mass is 15.1. The average Bonchev–Trinajstić information content (AvgIpc) is 2.15. The van der Waals surface area contributed by atoms with Crippen molar-refractivity contribution in [3.8, 4) is 11.8 Å². The van der Waals surface area contributed by atoms with Crippen molar-refractivity contribution in [3.63, 3.8) is 0 Å². The first kappa shape index (κ1) is 9.35. The lowest BCUT2D eigenvalue weighted by molar-refractivity contribution is 0.270. The first-order chi connectivity index (χ1) is 5.84. The molecule has 0 N–H and O–H groups in total. The van der Waals surface area contributed by atoms with Crippen LogP contribution in [0.15, 0.2) is 12.2 Å². The summed E-state index contributed by atoms with van der Waals surface area (Å²) in [6.45, 7) is 6.51. The Morgan fingerprint density at radius 1 is 1.50 bits per heavy atom. The number of hydrogen-bond donors (Lipinski definition) is 0. The fraction of sp³-hybridized carbons (Fsp3) is 0.636. The Balaban J connectivity index is 2.40. The van der Waals surface area contributed by atoms with Crippen LogP contribution in [0, 0.1) is 11.8 Å². The van der Waals surface area contributed by atoms with Crippen LogP contribution in [-0.4, -0.2) is 24.0 Å². The van der Waals surface area contributed by atoms with Gasteiger partial charge in [0.2, 0.25) is 0 Å². The van der Waals surface area contributed by atoms with Gasteiger partial charge in [0.25, 0.3) is 0 Å². The third-order valence-electron chi connectivity index (χ3n) is 2.13. The van der Waals surface area contributed by atoms with E-state index in [-0.39, 0.29) is 0 Å². The Labute approximate surface area is 75.5 Å². The molecule has 1 rings (SSSR count). The maximum Gasteiger partial charge on any atom is 0.0688 e. The second-order valence-electron chi connectivity index (χ2n) is 3.11. The van der Waals surface area contributed by atoms with E-state index in [0.717, 1.165) is 19.5 Å². The zero-order valence-corrected chi connectivity index (χ0v) is 8.01. The van der Waals surface area contributed by atoms with Gasteiger partial charge < -0.3 is 0 Å². The molecule has 1 nitrogen and oxygen atoms in total. The number of rotatable bonds is 1. The fourth-order valence-electron chi connectivity index (χ4n) is 1.35. The Morgan fingerprint density at radius 2 is 2.33 bits per heavy atom. The summed E-state index contributed by atoms with van der Waals surface area (Å²) in [6, 6.07) is 0.426. The van der Waals surface area contributed by atoms with Crippen LogP contribution in [0.3, 0.4) is 0 Å². The highest BCUT2D eigenvalue weighted by Crippen LogP contribution is 2.05. The lowest BCUT2D eigenvalue weighted by Gasteiger charge is -2.26. The summed E-state index contributed by atoms with van der Waals surface area (Å²) in [5.41, 5.74) is 0. The molecule has 0 aromatic heterocycles. The van der Waals surface area contributed by atoms with Gasteiger partial charge in [-0.3, -0.25) is 4.90 Å². The summed E-state index contributed by atoms with van der Waals surface area (Å²) in [5.74, 6) is 6.37. The van der Waals surface area contributed by atoms with Gasteiger partial charge in [-0.05, 0) is 13.3 Å². The van der Waals surface area contributed by atoms with Crippen molar-refractivity contribution < 1.29 is 0 Å². The molecule has 1 aliphatic rings. The molecule has 66 valence electrons. The van der Waals surface area contributed by atoms with Crippen molar-refractivity contribution in [2.24, 2.45) is 0 Å². The van der Waals surface area contributed by atoms with E-state index in [4.69, 9.17) is 0 Å². The molecule has 0 bridgehead atoms. The van der Waals surface area contributed by atoms with Gasteiger partial charge in [-0.25, -0.2) is 0 Å². The third kappa shape index (κ3) is 2.71. The summed E-state index contributed by atoms with van der Waals surface area (Å²) in [6.07, 6.45) is 6.62. The van der Waals surface area contributed by atoms with Crippen molar-refractivity contribution in [2.75, 3.05) is 13.1 Å². The Bertz CT molecular complexity index is 207. The molecule has 0 aliphatic carbocycles. The molecule has 12 heavy (non-hydrogen) atoms. The Kier molecular flexibility index (Phi) is 3.90. The SMILES string of the molecule is CCC#CC(C)N1CC=CCC1. The van der Waals surface area contributed by atoms with Crippen molar-refractivity contribution in [2.45, 2.75) is 32.7 Å². The van der Waals surface area contributed by atoms with Gasteiger partial charge in [0.05, 0.1) is 6.04 Å². The zero-order chi connectivity index (χ0) is 8.81. The highest BCUT2D eigenvalue weighted by molar-refractivity contribution is 5.08. The molecule has 0 spiro atoms. The quantitative estimate of drug-likeness (QED) is 0.422. The first-order valence-corrected chi connectivity index (χ1v) is 4.72. The van der Waals surface area contributed by atoms with E-state index >= 15 is 0 Å². The largest absolute Gasteiger partial charge is 0.286 e. The predicted octanol–water partition coefficient (Wildman–Crippen LogP) is 2.05. The van der Waals surface area contributed by atoms with E-state index in [1.165, 1.54) is 6.42 Å². The minimum Gasteiger partial charge on any atom is -0.286 e. The van der Waals surface area contributed by atoms with Crippen molar-refractivity contribution in [1.29, 1.82) is 0 Å². The molecular formula is C11H17N. The molecule has 1 heterocycles. The van der Waals surface area contributed by atoms with Crippen LogP contribution in [0.2, 0.25) is 0 Å². The van der Waals surface area contributed by atoms with E-state index in [0.29, 0.717) is 6.04 Å². The third-order valence-corrected chi connectivity index (χ3v) is 2.13. The summed E-state index contributed by atoms with van der Waals surface area (Å²) in [4.78, 5) is 2.41. The van der Waals surface area contributed by atoms with Crippen LogP contribution in [0.5, 0.6) is 0 Å². The van der Waals surface area contributed by atoms with Crippen LogP contribution in [-0.2, 0) is 0 Å². The van der Waals surface area contributed by atoms with E-state index < -0.39 is 0 Å². The summed E-state index contributed by atoms with van der Waals surface area (Å²) in [5, 5.41) is 0. The zero-order valence-electron chi connectivity index (χ0n) is 8.01. The maximum atomic E-state index is 3.24. The van der Waals surface area contributed by atoms with Crippen molar-refractivity contribution in [1.82, 2.24) is 4.90 Å². The molecule has 0 radical (unpaired) electrons. The van der Waals surface area contributed by atoms with Crippen LogP contribution < -0.4 is 0 Å². The normalized spacial score (nSPS) is 19.8. The van der Waals surface area contributed by atoms with Crippen LogP contribution in [0.1, 0.15) is 26.7 Å². The highest BCUT2D eigenvalue weighted by Gasteiger charge is 2.10. The van der Waals surface area contributed by atoms with Gasteiger partial charge in [-0.15, -0.1) is 5.92 Å². The molecular weight excluding hydrogens is 146 g/mol. The summed E-state index contributed by atoms with van der Waals surface area (Å²) in [7, 11) is 0. The van der Waals surface area contributed by atoms with Gasteiger partial charge in [-0.1, -0.05) is 25.0 Å². The van der Waals surface area contributed by atoms with E-state index in [9.17, 15) is 0 Å². The summed E-state index contributed by atoms with van der Waals surface area (Å²) >= 11 is 0. The minimum absolute atomic E-state index is 0.426. The predicted molar refractivity (Wildman–Crippen MR) is 52.9 cm³/mol. The fourth-order valence-corrected chi connectivity index (χ4v) is 1.35. The standard InChI is InChI=1S/C11H17N/c1-3-4-8-11(2)12-9-6-5-7-10-12/h5-6,11H,3,7,9-10H2,1-2H3. The average molecular weight is 163 g/mol. The topological polar surface area (TPSA) is 3.24 Å². The molecule has 0 aromatic carbocycles. The van der Waals surface area contributed by atoms with Crippen molar-refractivity contribution >= 4 is 0 Å². The van der Waals surface area contributed by atoms with E-state index in [1.807, 2.05) is 0 Å². The lowest BCUT2D eigenvalue weighted by Crippen LogP contribution is -2.34. The molecule has 0 fully saturated rings. The smallest absolute Gasteiger partial charge is 0.0688 e. The molecule has 0 saturated carbocycles. The molecule has 1 heteroatoms. The molecule has 1 unspecified atom stereocenters. The van der Waals surface area contributed by atoms with Gasteiger partial charge in [0, 0.05) is 19.5 Å². The second-order valence-corrected chi connectivity index (χ2v) is 3.11. The van der Waals surface area contributed by atoms with Gasteiger partial charge in [-0.2, -0.15) is 0 Å². The van der Waals surface area contributed by atoms with Crippen LogP contribution in [0.4, 0.5) is 0 Å². The van der Waals surface area contributed by atoms with Gasteiger partial charge >= 0.3 is 0 Å². The first-order valence-electron chi connectivity index (χ1n) is 4.72.